The van der Waals surface area contributed by atoms with Crippen molar-refractivity contribution in [2.45, 2.75) is 83.3 Å². The molecule has 5 rings (SSSR count). The highest BCUT2D eigenvalue weighted by Gasteiger charge is 2.64. The van der Waals surface area contributed by atoms with Crippen LogP contribution in [-0.4, -0.2) is 23.3 Å². The van der Waals surface area contributed by atoms with E-state index in [1.165, 1.54) is 25.7 Å². The van der Waals surface area contributed by atoms with Crippen LogP contribution < -0.4 is 0 Å². The fourth-order valence-corrected chi connectivity index (χ4v) is 8.34. The summed E-state index contributed by atoms with van der Waals surface area (Å²) in [4.78, 5) is 10.8. The van der Waals surface area contributed by atoms with Gasteiger partial charge in [-0.15, -0.1) is 0 Å². The van der Waals surface area contributed by atoms with E-state index in [9.17, 15) is 9.90 Å². The number of hydrogen-bond donors (Lipinski definition) is 1. The second kappa shape index (κ2) is 7.66. The third-order valence-electron chi connectivity index (χ3n) is 10.2. The second-order valence-electron chi connectivity index (χ2n) is 11.3. The summed E-state index contributed by atoms with van der Waals surface area (Å²) in [6.07, 6.45) is 9.95. The van der Waals surface area contributed by atoms with Crippen LogP contribution in [0.1, 0.15) is 77.2 Å². The first kappa shape index (κ1) is 21.1. The van der Waals surface area contributed by atoms with Gasteiger partial charge in [-0.1, -0.05) is 43.9 Å². The van der Waals surface area contributed by atoms with Gasteiger partial charge in [-0.25, -0.2) is 0 Å². The summed E-state index contributed by atoms with van der Waals surface area (Å²) in [5.74, 6) is 9.27. The van der Waals surface area contributed by atoms with Gasteiger partial charge in [0.15, 0.2) is 0 Å². The molecule has 3 nitrogen and oxygen atoms in total. The number of aliphatic hydroxyl groups is 1. The average molecular weight is 421 g/mol. The predicted molar refractivity (Wildman–Crippen MR) is 121 cm³/mol. The zero-order valence-electron chi connectivity index (χ0n) is 19.0. The van der Waals surface area contributed by atoms with Gasteiger partial charge in [-0.3, -0.25) is 4.79 Å². The first-order valence-corrected chi connectivity index (χ1v) is 12.3. The Hall–Kier alpha value is -1.79. The van der Waals surface area contributed by atoms with Crippen LogP contribution in [0.2, 0.25) is 0 Å². The van der Waals surface area contributed by atoms with Gasteiger partial charge < -0.3 is 9.84 Å². The van der Waals surface area contributed by atoms with Crippen molar-refractivity contribution in [1.29, 1.82) is 0 Å². The van der Waals surface area contributed by atoms with E-state index >= 15 is 0 Å². The van der Waals surface area contributed by atoms with Crippen LogP contribution >= 0.6 is 0 Å². The van der Waals surface area contributed by atoms with E-state index in [2.05, 4.69) is 25.7 Å². The number of hydrogen-bond acceptors (Lipinski definition) is 3. The minimum absolute atomic E-state index is 0.114. The second-order valence-corrected chi connectivity index (χ2v) is 11.3. The molecule has 0 radical (unpaired) electrons. The van der Waals surface area contributed by atoms with E-state index < -0.39 is 5.60 Å². The third-order valence-corrected chi connectivity index (χ3v) is 10.2. The van der Waals surface area contributed by atoms with E-state index in [4.69, 9.17) is 4.74 Å². The van der Waals surface area contributed by atoms with Gasteiger partial charge in [-0.2, -0.15) is 0 Å². The summed E-state index contributed by atoms with van der Waals surface area (Å²) in [6, 6.07) is 10.1. The molecular weight excluding hydrogens is 384 g/mol. The molecule has 1 aromatic rings. The summed E-state index contributed by atoms with van der Waals surface area (Å²) >= 11 is 0. The smallest absolute Gasteiger partial charge is 0.293 e. The van der Waals surface area contributed by atoms with E-state index in [0.29, 0.717) is 29.6 Å². The Morgan fingerprint density at radius 2 is 1.77 bits per heavy atom. The maximum Gasteiger partial charge on any atom is 0.293 e. The molecule has 4 fully saturated rings. The van der Waals surface area contributed by atoms with Crippen molar-refractivity contribution in [3.05, 3.63) is 35.9 Å². The minimum Gasteiger partial charge on any atom is -0.465 e. The predicted octanol–water partition coefficient (Wildman–Crippen LogP) is 5.35. The van der Waals surface area contributed by atoms with E-state index in [1.54, 1.807) is 0 Å². The lowest BCUT2D eigenvalue weighted by molar-refractivity contribution is -0.156. The molecule has 0 amide bonds. The van der Waals surface area contributed by atoms with Gasteiger partial charge in [0.2, 0.25) is 0 Å². The lowest BCUT2D eigenvalue weighted by Gasteiger charge is -2.61. The van der Waals surface area contributed by atoms with Crippen LogP contribution in [0.5, 0.6) is 0 Å². The van der Waals surface area contributed by atoms with Gasteiger partial charge in [0.25, 0.3) is 6.47 Å². The van der Waals surface area contributed by atoms with Gasteiger partial charge in [0, 0.05) is 11.0 Å². The molecule has 1 aromatic carbocycles. The lowest BCUT2D eigenvalue weighted by Crippen LogP contribution is -2.56. The molecule has 1 N–H and O–H groups in total. The summed E-state index contributed by atoms with van der Waals surface area (Å²) in [5.41, 5.74) is 0.338. The maximum atomic E-state index is 11.8. The Morgan fingerprint density at radius 1 is 1.00 bits per heavy atom. The van der Waals surface area contributed by atoms with Crippen LogP contribution in [0, 0.1) is 46.3 Å². The minimum atomic E-state index is -0.883. The van der Waals surface area contributed by atoms with Crippen LogP contribution in [0.15, 0.2) is 30.3 Å². The van der Waals surface area contributed by atoms with Crippen LogP contribution in [0.25, 0.3) is 0 Å². The Kier molecular flexibility index (Phi) is 5.21. The van der Waals surface area contributed by atoms with Crippen molar-refractivity contribution >= 4 is 6.47 Å². The SMILES string of the molecule is C[C@]12CC[C@@H](OC=O)C[C@@H]1CC[C@@H]1[C@H]3CC[C@@](O)(C#Cc4ccccc4)[C@@]3(C)CC[C@@H]12. The fourth-order valence-electron chi connectivity index (χ4n) is 8.34. The standard InChI is InChI=1S/C28H36O3/c1-26-14-11-22(31-19-29)18-21(26)8-9-23-24(26)12-15-27(2)25(23)13-17-28(27,30)16-10-20-6-4-3-5-7-20/h3-7,19,21-25,30H,8-9,11-15,17-18H2,1-2H3/t21-,22+,23-,24-,25+,26-,27-,28-/m0/s1. The molecule has 8 atom stereocenters. The Bertz CT molecular complexity index is 885. The number of carbonyl (C=O) groups is 1. The molecule has 166 valence electrons. The van der Waals surface area contributed by atoms with Crippen molar-refractivity contribution in [1.82, 2.24) is 0 Å². The highest BCUT2D eigenvalue weighted by Crippen LogP contribution is 2.68. The summed E-state index contributed by atoms with van der Waals surface area (Å²) in [7, 11) is 0. The Balaban J connectivity index is 1.38. The van der Waals surface area contributed by atoms with Gasteiger partial charge in [0.1, 0.15) is 11.7 Å². The van der Waals surface area contributed by atoms with Gasteiger partial charge >= 0.3 is 0 Å². The molecule has 3 heteroatoms. The Morgan fingerprint density at radius 3 is 2.55 bits per heavy atom. The highest BCUT2D eigenvalue weighted by molar-refractivity contribution is 5.38. The molecule has 0 saturated heterocycles. The van der Waals surface area contributed by atoms with Gasteiger partial charge in [0.05, 0.1) is 0 Å². The molecule has 0 heterocycles. The first-order valence-electron chi connectivity index (χ1n) is 12.3. The van der Waals surface area contributed by atoms with Crippen LogP contribution in [-0.2, 0) is 9.53 Å². The molecule has 31 heavy (non-hydrogen) atoms. The molecule has 4 aliphatic rings. The summed E-state index contributed by atoms with van der Waals surface area (Å²) in [6.45, 7) is 5.48. The van der Waals surface area contributed by atoms with E-state index in [0.717, 1.165) is 43.6 Å². The quantitative estimate of drug-likeness (QED) is 0.518. The Labute approximate surface area is 187 Å². The zero-order valence-corrected chi connectivity index (χ0v) is 19.0. The highest BCUT2D eigenvalue weighted by atomic mass is 16.5. The molecule has 0 aromatic heterocycles. The summed E-state index contributed by atoms with van der Waals surface area (Å²) < 4.78 is 5.36. The molecule has 0 unspecified atom stereocenters. The topological polar surface area (TPSA) is 46.5 Å². The number of carbonyl (C=O) groups excluding carboxylic acids is 1. The van der Waals surface area contributed by atoms with Crippen molar-refractivity contribution in [2.75, 3.05) is 0 Å². The molecule has 0 spiro atoms. The largest absolute Gasteiger partial charge is 0.465 e. The number of fused-ring (bicyclic) bond motifs is 5. The van der Waals surface area contributed by atoms with E-state index in [-0.39, 0.29) is 11.5 Å². The molecule has 0 bridgehead atoms. The van der Waals surface area contributed by atoms with Crippen molar-refractivity contribution in [3.63, 3.8) is 0 Å². The normalized spacial score (nSPS) is 46.0. The number of ether oxygens (including phenoxy) is 1. The number of rotatable bonds is 2. The molecular formula is C28H36O3. The van der Waals surface area contributed by atoms with Crippen LogP contribution in [0.4, 0.5) is 0 Å². The van der Waals surface area contributed by atoms with Crippen molar-refractivity contribution < 1.29 is 14.6 Å². The first-order chi connectivity index (χ1) is 14.9. The van der Waals surface area contributed by atoms with E-state index in [1.807, 2.05) is 30.3 Å². The monoisotopic (exact) mass is 420 g/mol. The van der Waals surface area contributed by atoms with Crippen LogP contribution in [0.3, 0.4) is 0 Å². The molecule has 0 aliphatic heterocycles. The lowest BCUT2D eigenvalue weighted by atomic mass is 9.44. The molecule has 4 aliphatic carbocycles. The summed E-state index contributed by atoms with van der Waals surface area (Å²) in [5, 5.41) is 11.8. The van der Waals surface area contributed by atoms with Gasteiger partial charge in [-0.05, 0) is 99.0 Å². The maximum absolute atomic E-state index is 11.8. The fraction of sp³-hybridized carbons (Fsp3) is 0.679. The zero-order chi connectivity index (χ0) is 21.7. The van der Waals surface area contributed by atoms with Crippen molar-refractivity contribution in [3.8, 4) is 11.8 Å². The average Bonchev–Trinajstić information content (AvgIpc) is 3.05. The molecule has 4 saturated carbocycles. The number of benzene rings is 1. The third kappa shape index (κ3) is 3.25. The van der Waals surface area contributed by atoms with Crippen molar-refractivity contribution in [2.24, 2.45) is 34.5 Å².